The molecule has 3 atom stereocenters. The molecule has 1 aliphatic carbocycles. The highest BCUT2D eigenvalue weighted by Gasteiger charge is 2.28. The highest BCUT2D eigenvalue weighted by molar-refractivity contribution is 6.33. The van der Waals surface area contributed by atoms with Gasteiger partial charge in [0.05, 0.1) is 10.6 Å². The van der Waals surface area contributed by atoms with Crippen molar-refractivity contribution in [3.8, 4) is 0 Å². The molecule has 7 heteroatoms. The second-order valence-electron chi connectivity index (χ2n) is 6.26. The quantitative estimate of drug-likeness (QED) is 0.658. The van der Waals surface area contributed by atoms with Crippen molar-refractivity contribution in [3.63, 3.8) is 0 Å². The lowest BCUT2D eigenvalue weighted by Gasteiger charge is -2.34. The fraction of sp³-hybridized carbons (Fsp3) is 0.529. The largest absolute Gasteiger partial charge is 0.452 e. The maximum absolute atomic E-state index is 13.2. The van der Waals surface area contributed by atoms with Gasteiger partial charge in [-0.1, -0.05) is 38.3 Å². The van der Waals surface area contributed by atoms with E-state index in [2.05, 4.69) is 19.2 Å². The van der Waals surface area contributed by atoms with Gasteiger partial charge in [0.1, 0.15) is 0 Å². The van der Waals surface area contributed by atoms with Crippen LogP contribution >= 0.6 is 11.6 Å². The zero-order chi connectivity index (χ0) is 17.9. The van der Waals surface area contributed by atoms with E-state index in [4.69, 9.17) is 16.3 Å². The smallest absolute Gasteiger partial charge is 0.340 e. The number of halogens is 3. The summed E-state index contributed by atoms with van der Waals surface area (Å²) in [5.74, 6) is -2.89. The summed E-state index contributed by atoms with van der Waals surface area (Å²) in [6.45, 7) is 3.74. The molecule has 1 N–H and O–H groups in total. The van der Waals surface area contributed by atoms with Gasteiger partial charge in [-0.3, -0.25) is 4.79 Å². The van der Waals surface area contributed by atoms with Crippen molar-refractivity contribution in [2.24, 2.45) is 11.8 Å². The van der Waals surface area contributed by atoms with Gasteiger partial charge in [-0.15, -0.1) is 0 Å². The average Bonchev–Trinajstić information content (AvgIpc) is 2.53. The molecule has 4 nitrogen and oxygen atoms in total. The van der Waals surface area contributed by atoms with Crippen molar-refractivity contribution in [1.29, 1.82) is 0 Å². The third-order valence-electron chi connectivity index (χ3n) is 4.62. The van der Waals surface area contributed by atoms with E-state index in [0.717, 1.165) is 19.3 Å². The summed E-state index contributed by atoms with van der Waals surface area (Å²) in [5.41, 5.74) is -0.317. The summed E-state index contributed by atoms with van der Waals surface area (Å²) in [5, 5.41) is 2.59. The van der Waals surface area contributed by atoms with Crippen LogP contribution in [0.3, 0.4) is 0 Å². The van der Waals surface area contributed by atoms with Gasteiger partial charge < -0.3 is 10.1 Å². The number of carbonyl (C=O) groups is 2. The molecule has 0 bridgehead atoms. The summed E-state index contributed by atoms with van der Waals surface area (Å²) in [6, 6.07) is 1.40. The Morgan fingerprint density at radius 2 is 1.92 bits per heavy atom. The van der Waals surface area contributed by atoms with Crippen LogP contribution in [0.25, 0.3) is 0 Å². The number of benzene rings is 1. The van der Waals surface area contributed by atoms with Crippen molar-refractivity contribution in [2.45, 2.75) is 39.2 Å². The number of ether oxygens (including phenoxy) is 1. The van der Waals surface area contributed by atoms with Crippen LogP contribution in [-0.4, -0.2) is 24.5 Å². The fourth-order valence-electron chi connectivity index (χ4n) is 2.92. The topological polar surface area (TPSA) is 55.4 Å². The summed E-state index contributed by atoms with van der Waals surface area (Å²) in [4.78, 5) is 23.8. The second-order valence-corrected chi connectivity index (χ2v) is 6.67. The first-order valence-electron chi connectivity index (χ1n) is 7.90. The molecule has 1 saturated carbocycles. The van der Waals surface area contributed by atoms with Crippen molar-refractivity contribution in [2.75, 3.05) is 6.61 Å². The molecule has 0 spiro atoms. The van der Waals surface area contributed by atoms with Crippen LogP contribution in [0.4, 0.5) is 8.78 Å². The highest BCUT2D eigenvalue weighted by atomic mass is 35.5. The lowest BCUT2D eigenvalue weighted by atomic mass is 9.78. The fourth-order valence-corrected chi connectivity index (χ4v) is 3.15. The van der Waals surface area contributed by atoms with Crippen LogP contribution in [0.15, 0.2) is 12.1 Å². The first-order chi connectivity index (χ1) is 11.3. The SMILES string of the molecule is C[C@H]1[C@H](C)CCC[C@H]1NC(=O)COC(=O)c1cc(F)c(F)cc1Cl. The number of hydrogen-bond acceptors (Lipinski definition) is 3. The van der Waals surface area contributed by atoms with Crippen LogP contribution in [0.5, 0.6) is 0 Å². The van der Waals surface area contributed by atoms with Crippen molar-refractivity contribution in [3.05, 3.63) is 34.4 Å². The summed E-state index contributed by atoms with van der Waals surface area (Å²) >= 11 is 5.69. The maximum Gasteiger partial charge on any atom is 0.340 e. The molecule has 0 heterocycles. The maximum atomic E-state index is 13.2. The Labute approximate surface area is 144 Å². The molecule has 1 aliphatic rings. The predicted octanol–water partition coefficient (Wildman–Crippen LogP) is 3.72. The lowest BCUT2D eigenvalue weighted by Crippen LogP contribution is -2.45. The van der Waals surface area contributed by atoms with Gasteiger partial charge in [0.15, 0.2) is 18.2 Å². The van der Waals surface area contributed by atoms with E-state index in [1.807, 2.05) is 0 Å². The number of nitrogens with one attached hydrogen (secondary N) is 1. The third-order valence-corrected chi connectivity index (χ3v) is 4.93. The van der Waals surface area contributed by atoms with E-state index in [-0.39, 0.29) is 16.6 Å². The molecule has 0 saturated heterocycles. The van der Waals surface area contributed by atoms with Crippen LogP contribution < -0.4 is 5.32 Å². The number of carbonyl (C=O) groups excluding carboxylic acids is 2. The Bertz CT molecular complexity index is 639. The molecule has 1 fully saturated rings. The molecule has 1 aromatic carbocycles. The first kappa shape index (κ1) is 18.6. The number of esters is 1. The van der Waals surface area contributed by atoms with Crippen molar-refractivity contribution in [1.82, 2.24) is 5.32 Å². The van der Waals surface area contributed by atoms with Gasteiger partial charge >= 0.3 is 5.97 Å². The molecule has 2 rings (SSSR count). The number of amides is 1. The van der Waals surface area contributed by atoms with Gasteiger partial charge in [-0.2, -0.15) is 0 Å². The number of rotatable bonds is 4. The van der Waals surface area contributed by atoms with E-state index in [1.54, 1.807) is 0 Å². The Morgan fingerprint density at radius 3 is 2.62 bits per heavy atom. The molecule has 0 radical (unpaired) electrons. The minimum Gasteiger partial charge on any atom is -0.452 e. The summed E-state index contributed by atoms with van der Waals surface area (Å²) in [6.07, 6.45) is 3.07. The molecule has 0 unspecified atom stereocenters. The molecule has 0 aliphatic heterocycles. The first-order valence-corrected chi connectivity index (χ1v) is 8.28. The standard InChI is InChI=1S/C17H20ClF2NO3/c1-9-4-3-5-15(10(9)2)21-16(22)8-24-17(23)11-6-13(19)14(20)7-12(11)18/h6-7,9-10,15H,3-5,8H2,1-2H3,(H,21,22)/t9-,10+,15-/m1/s1. The van der Waals surface area contributed by atoms with Gasteiger partial charge in [-0.05, 0) is 30.4 Å². The summed E-state index contributed by atoms with van der Waals surface area (Å²) < 4.78 is 31.0. The molecule has 24 heavy (non-hydrogen) atoms. The summed E-state index contributed by atoms with van der Waals surface area (Å²) in [7, 11) is 0. The zero-order valence-corrected chi connectivity index (χ0v) is 14.3. The Balaban J connectivity index is 1.90. The van der Waals surface area contributed by atoms with Gasteiger partial charge in [-0.25, -0.2) is 13.6 Å². The minimum atomic E-state index is -1.21. The van der Waals surface area contributed by atoms with E-state index < -0.39 is 30.1 Å². The van der Waals surface area contributed by atoms with Gasteiger partial charge in [0.2, 0.25) is 0 Å². The van der Waals surface area contributed by atoms with Crippen molar-refractivity contribution >= 4 is 23.5 Å². The molecular formula is C17H20ClF2NO3. The Hall–Kier alpha value is -1.69. The monoisotopic (exact) mass is 359 g/mol. The lowest BCUT2D eigenvalue weighted by molar-refractivity contribution is -0.125. The normalized spacial score (nSPS) is 23.6. The van der Waals surface area contributed by atoms with E-state index in [1.165, 1.54) is 0 Å². The minimum absolute atomic E-state index is 0.0480. The van der Waals surface area contributed by atoms with Crippen molar-refractivity contribution < 1.29 is 23.1 Å². The van der Waals surface area contributed by atoms with E-state index in [0.29, 0.717) is 24.0 Å². The second kappa shape index (κ2) is 7.92. The Morgan fingerprint density at radius 1 is 1.25 bits per heavy atom. The number of hydrogen-bond donors (Lipinski definition) is 1. The van der Waals surface area contributed by atoms with Gasteiger partial charge in [0.25, 0.3) is 5.91 Å². The van der Waals surface area contributed by atoms with Crippen LogP contribution in [0.2, 0.25) is 5.02 Å². The highest BCUT2D eigenvalue weighted by Crippen LogP contribution is 2.29. The molecule has 0 aromatic heterocycles. The van der Waals surface area contributed by atoms with Crippen LogP contribution in [0.1, 0.15) is 43.5 Å². The molecule has 1 aromatic rings. The van der Waals surface area contributed by atoms with Crippen LogP contribution in [0, 0.1) is 23.5 Å². The van der Waals surface area contributed by atoms with Gasteiger partial charge in [0, 0.05) is 6.04 Å². The molecule has 132 valence electrons. The Kier molecular flexibility index (Phi) is 6.15. The molecule has 1 amide bonds. The van der Waals surface area contributed by atoms with E-state index in [9.17, 15) is 18.4 Å². The molecular weight excluding hydrogens is 340 g/mol. The zero-order valence-electron chi connectivity index (χ0n) is 13.6. The predicted molar refractivity (Wildman–Crippen MR) is 85.8 cm³/mol. The van der Waals surface area contributed by atoms with E-state index >= 15 is 0 Å². The third kappa shape index (κ3) is 4.44. The average molecular weight is 360 g/mol. The van der Waals surface area contributed by atoms with Crippen LogP contribution in [-0.2, 0) is 9.53 Å².